The number of amides is 1. The maximum absolute atomic E-state index is 12.1. The van der Waals surface area contributed by atoms with Crippen LogP contribution in [0.4, 0.5) is 4.39 Å². The summed E-state index contributed by atoms with van der Waals surface area (Å²) in [6.45, 7) is 4.94. The number of hydrogen-bond acceptors (Lipinski definition) is 3. The van der Waals surface area contributed by atoms with E-state index in [4.69, 9.17) is 5.73 Å². The normalized spacial score (nSPS) is 10.8. The van der Waals surface area contributed by atoms with Gasteiger partial charge in [0.15, 0.2) is 5.95 Å². The Labute approximate surface area is 76.7 Å². The van der Waals surface area contributed by atoms with E-state index >= 15 is 0 Å². The number of nitrogens with one attached hydrogen (secondary N) is 2. The van der Waals surface area contributed by atoms with Gasteiger partial charge in [0.05, 0.1) is 12.4 Å². The summed E-state index contributed by atoms with van der Waals surface area (Å²) in [5.41, 5.74) is 5.30. The summed E-state index contributed by atoms with van der Waals surface area (Å²) < 4.78 is 12.1. The number of carbonyl (C=O) groups is 1. The van der Waals surface area contributed by atoms with Crippen LogP contribution in [0.15, 0.2) is 24.3 Å². The third-order valence-electron chi connectivity index (χ3n) is 1.23. The molecule has 1 amide bonds. The van der Waals surface area contributed by atoms with E-state index in [2.05, 4.69) is 17.2 Å². The number of nitrogens with two attached hydrogens (primary N) is 1. The Kier molecular flexibility index (Phi) is 5.34. The van der Waals surface area contributed by atoms with Crippen molar-refractivity contribution in [1.29, 1.82) is 0 Å². The lowest BCUT2D eigenvalue weighted by molar-refractivity contribution is -0.114. The van der Waals surface area contributed by atoms with E-state index in [0.717, 1.165) is 0 Å². The summed E-state index contributed by atoms with van der Waals surface area (Å²) in [5.74, 6) is -1.22. The minimum Gasteiger partial charge on any atom is -0.364 e. The highest BCUT2D eigenvalue weighted by Gasteiger charge is 2.01. The molecule has 0 saturated heterocycles. The molecule has 0 aromatic rings. The molecular formula is C8H14FN3O. The number of hydrogen-bond donors (Lipinski definition) is 3. The highest BCUT2D eigenvalue weighted by molar-refractivity contribution is 5.91. The maximum Gasteiger partial charge on any atom is 0.264 e. The van der Waals surface area contributed by atoms with Crippen molar-refractivity contribution in [3.8, 4) is 0 Å². The maximum atomic E-state index is 12.1. The van der Waals surface area contributed by atoms with Crippen LogP contribution in [0, 0.1) is 0 Å². The van der Waals surface area contributed by atoms with E-state index < -0.39 is 11.9 Å². The summed E-state index contributed by atoms with van der Waals surface area (Å²) in [5, 5.41) is 4.89. The molecule has 4 nitrogen and oxygen atoms in total. The number of carbonyl (C=O) groups excluding carboxylic acids is 1. The molecule has 0 aliphatic heterocycles. The highest BCUT2D eigenvalue weighted by atomic mass is 19.1. The van der Waals surface area contributed by atoms with Crippen molar-refractivity contribution in [2.45, 2.75) is 13.3 Å². The van der Waals surface area contributed by atoms with Crippen molar-refractivity contribution in [3.63, 3.8) is 0 Å². The van der Waals surface area contributed by atoms with Crippen LogP contribution in [-0.4, -0.2) is 12.6 Å². The number of allylic oxidation sites excluding steroid dienone is 1. The predicted molar refractivity (Wildman–Crippen MR) is 49.0 cm³/mol. The summed E-state index contributed by atoms with van der Waals surface area (Å²) in [6.07, 6.45) is 2.31. The van der Waals surface area contributed by atoms with Gasteiger partial charge in [-0.1, -0.05) is 13.0 Å². The zero-order chi connectivity index (χ0) is 10.3. The Balaban J connectivity index is 3.91. The second kappa shape index (κ2) is 6.05. The Bertz CT molecular complexity index is 225. The Morgan fingerprint density at radius 1 is 1.62 bits per heavy atom. The average Bonchev–Trinajstić information content (AvgIpc) is 2.02. The van der Waals surface area contributed by atoms with Gasteiger partial charge in [-0.25, -0.2) is 0 Å². The van der Waals surface area contributed by atoms with Gasteiger partial charge in [0, 0.05) is 0 Å². The van der Waals surface area contributed by atoms with E-state index in [-0.39, 0.29) is 12.4 Å². The van der Waals surface area contributed by atoms with Crippen LogP contribution < -0.4 is 16.4 Å². The molecule has 0 spiro atoms. The van der Waals surface area contributed by atoms with Gasteiger partial charge in [-0.15, -0.1) is 0 Å². The lowest BCUT2D eigenvalue weighted by atomic mass is 10.3. The first-order valence-corrected chi connectivity index (χ1v) is 3.90. The molecule has 0 aromatic carbocycles. The zero-order valence-corrected chi connectivity index (χ0v) is 7.56. The van der Waals surface area contributed by atoms with Crippen molar-refractivity contribution in [1.82, 2.24) is 10.6 Å². The SMILES string of the molecule is C=C(F)NCN/C(=C\CC)C(N)=O. The smallest absolute Gasteiger partial charge is 0.264 e. The van der Waals surface area contributed by atoms with E-state index in [9.17, 15) is 9.18 Å². The second-order valence-corrected chi connectivity index (χ2v) is 2.33. The van der Waals surface area contributed by atoms with Gasteiger partial charge in [-0.05, 0) is 13.0 Å². The first-order chi connectivity index (χ1) is 6.07. The van der Waals surface area contributed by atoms with Gasteiger partial charge in [-0.3, -0.25) is 4.79 Å². The molecule has 0 heterocycles. The molecule has 0 fully saturated rings. The van der Waals surface area contributed by atoms with Crippen molar-refractivity contribution >= 4 is 5.91 Å². The molecule has 0 aliphatic carbocycles. The molecule has 0 rings (SSSR count). The highest BCUT2D eigenvalue weighted by Crippen LogP contribution is 1.90. The van der Waals surface area contributed by atoms with E-state index in [0.29, 0.717) is 6.42 Å². The molecule has 0 unspecified atom stereocenters. The Morgan fingerprint density at radius 3 is 2.62 bits per heavy atom. The molecule has 0 aromatic heterocycles. The van der Waals surface area contributed by atoms with Crippen LogP contribution in [0.1, 0.15) is 13.3 Å². The van der Waals surface area contributed by atoms with Gasteiger partial charge in [-0.2, -0.15) is 4.39 Å². The molecule has 5 heteroatoms. The third kappa shape index (κ3) is 5.72. The Hall–Kier alpha value is -1.52. The van der Waals surface area contributed by atoms with Crippen LogP contribution in [0.25, 0.3) is 0 Å². The summed E-state index contributed by atoms with van der Waals surface area (Å²) in [4.78, 5) is 10.7. The van der Waals surface area contributed by atoms with Gasteiger partial charge in [0.2, 0.25) is 0 Å². The largest absolute Gasteiger partial charge is 0.364 e. The van der Waals surface area contributed by atoms with Gasteiger partial charge in [0.25, 0.3) is 5.91 Å². The summed E-state index contributed by atoms with van der Waals surface area (Å²) in [6, 6.07) is 0. The fraction of sp³-hybridized carbons (Fsp3) is 0.375. The van der Waals surface area contributed by atoms with Gasteiger partial charge in [0.1, 0.15) is 0 Å². The molecule has 74 valence electrons. The number of rotatable bonds is 6. The molecule has 0 saturated carbocycles. The minimum atomic E-state index is -0.659. The topological polar surface area (TPSA) is 67.2 Å². The van der Waals surface area contributed by atoms with Crippen LogP contribution in [-0.2, 0) is 4.79 Å². The van der Waals surface area contributed by atoms with Crippen molar-refractivity contribution in [3.05, 3.63) is 24.3 Å². The molecular weight excluding hydrogens is 173 g/mol. The van der Waals surface area contributed by atoms with Crippen molar-refractivity contribution in [2.24, 2.45) is 5.73 Å². The molecule has 0 atom stereocenters. The number of primary amides is 1. The van der Waals surface area contributed by atoms with E-state index in [1.54, 1.807) is 6.08 Å². The summed E-state index contributed by atoms with van der Waals surface area (Å²) >= 11 is 0. The quantitative estimate of drug-likeness (QED) is 0.319. The average molecular weight is 187 g/mol. The predicted octanol–water partition coefficient (Wildman–Crippen LogP) is 0.343. The third-order valence-corrected chi connectivity index (χ3v) is 1.23. The lowest BCUT2D eigenvalue weighted by Gasteiger charge is -2.07. The zero-order valence-electron chi connectivity index (χ0n) is 7.56. The van der Waals surface area contributed by atoms with Crippen LogP contribution in [0.5, 0.6) is 0 Å². The van der Waals surface area contributed by atoms with Crippen LogP contribution in [0.2, 0.25) is 0 Å². The van der Waals surface area contributed by atoms with E-state index in [1.165, 1.54) is 0 Å². The molecule has 0 aliphatic rings. The monoisotopic (exact) mass is 187 g/mol. The van der Waals surface area contributed by atoms with Gasteiger partial charge < -0.3 is 16.4 Å². The standard InChI is InChI=1S/C8H14FN3O/c1-3-4-7(8(10)13)12-5-11-6(2)9/h4,11-12H,2-3,5H2,1H3,(H2,10,13)/b7-4-. The fourth-order valence-corrected chi connectivity index (χ4v) is 0.699. The molecule has 4 N–H and O–H groups in total. The minimum absolute atomic E-state index is 0.0874. The van der Waals surface area contributed by atoms with Crippen molar-refractivity contribution in [2.75, 3.05) is 6.67 Å². The summed E-state index contributed by atoms with van der Waals surface area (Å²) in [7, 11) is 0. The first kappa shape index (κ1) is 11.5. The van der Waals surface area contributed by atoms with Gasteiger partial charge >= 0.3 is 0 Å². The molecule has 0 bridgehead atoms. The molecule has 13 heavy (non-hydrogen) atoms. The van der Waals surface area contributed by atoms with Crippen molar-refractivity contribution < 1.29 is 9.18 Å². The second-order valence-electron chi connectivity index (χ2n) is 2.33. The fourth-order valence-electron chi connectivity index (χ4n) is 0.699. The molecule has 0 radical (unpaired) electrons. The van der Waals surface area contributed by atoms with Crippen LogP contribution >= 0.6 is 0 Å². The van der Waals surface area contributed by atoms with Crippen LogP contribution in [0.3, 0.4) is 0 Å². The first-order valence-electron chi connectivity index (χ1n) is 3.90. The Morgan fingerprint density at radius 2 is 2.23 bits per heavy atom. The lowest BCUT2D eigenvalue weighted by Crippen LogP contribution is -2.32. The van der Waals surface area contributed by atoms with E-state index in [1.807, 2.05) is 6.92 Å². The number of halogens is 1.